The summed E-state index contributed by atoms with van der Waals surface area (Å²) in [5, 5.41) is 18.7. The van der Waals surface area contributed by atoms with Crippen molar-refractivity contribution in [3.05, 3.63) is 18.2 Å². The number of rotatable bonds is 4. The van der Waals surface area contributed by atoms with Crippen LogP contribution in [0.4, 0.5) is 13.2 Å². The largest absolute Gasteiger partial charge is 0.573 e. The van der Waals surface area contributed by atoms with Crippen LogP contribution < -0.4 is 4.74 Å². The number of aromatic hydroxyl groups is 1. The second-order valence-electron chi connectivity index (χ2n) is 4.85. The van der Waals surface area contributed by atoms with E-state index >= 15 is 0 Å². The van der Waals surface area contributed by atoms with Crippen molar-refractivity contribution in [3.8, 4) is 11.5 Å². The van der Waals surface area contributed by atoms with E-state index in [0.717, 1.165) is 22.5 Å². The predicted octanol–water partition coefficient (Wildman–Crippen LogP) is 1.29. The van der Waals surface area contributed by atoms with Gasteiger partial charge in [-0.25, -0.2) is 8.42 Å². The molecule has 0 aromatic heterocycles. The van der Waals surface area contributed by atoms with Crippen LogP contribution in [-0.4, -0.2) is 49.0 Å². The van der Waals surface area contributed by atoms with Gasteiger partial charge >= 0.3 is 6.36 Å². The van der Waals surface area contributed by atoms with E-state index in [1.54, 1.807) is 0 Å². The number of aliphatic hydroxyl groups is 1. The molecular weight excluding hydrogens is 327 g/mol. The number of hydrogen-bond donors (Lipinski definition) is 2. The average Bonchev–Trinajstić information content (AvgIpc) is 2.85. The number of alkyl halides is 3. The first kappa shape index (κ1) is 16.8. The van der Waals surface area contributed by atoms with Gasteiger partial charge in [0.2, 0.25) is 10.0 Å². The summed E-state index contributed by atoms with van der Waals surface area (Å²) < 4.78 is 66.7. The van der Waals surface area contributed by atoms with Crippen molar-refractivity contribution in [3.63, 3.8) is 0 Å². The van der Waals surface area contributed by atoms with Crippen LogP contribution in [0, 0.1) is 5.92 Å². The van der Waals surface area contributed by atoms with Crippen molar-refractivity contribution < 1.29 is 36.5 Å². The lowest BCUT2D eigenvalue weighted by Gasteiger charge is -2.20. The Morgan fingerprint density at radius 3 is 2.59 bits per heavy atom. The molecular formula is C12H14F3NO5S. The number of hydrogen-bond acceptors (Lipinski definition) is 5. The molecule has 10 heteroatoms. The van der Waals surface area contributed by atoms with Gasteiger partial charge in [0.15, 0.2) is 10.6 Å². The Balaban J connectivity index is 2.43. The van der Waals surface area contributed by atoms with Crippen LogP contribution in [-0.2, 0) is 10.0 Å². The van der Waals surface area contributed by atoms with E-state index in [0.29, 0.717) is 6.42 Å². The molecule has 1 aromatic rings. The summed E-state index contributed by atoms with van der Waals surface area (Å²) in [6.45, 7) is -0.204. The topological polar surface area (TPSA) is 87.1 Å². The summed E-state index contributed by atoms with van der Waals surface area (Å²) in [5.74, 6) is -2.10. The molecule has 1 heterocycles. The second-order valence-corrected chi connectivity index (χ2v) is 6.73. The molecule has 0 spiro atoms. The van der Waals surface area contributed by atoms with Crippen molar-refractivity contribution in [2.45, 2.75) is 17.7 Å². The summed E-state index contributed by atoms with van der Waals surface area (Å²) in [6, 6.07) is 2.84. The molecule has 1 saturated heterocycles. The summed E-state index contributed by atoms with van der Waals surface area (Å²) in [5.41, 5.74) is 0. The Kier molecular flexibility index (Phi) is 4.54. The van der Waals surface area contributed by atoms with Gasteiger partial charge in [0.25, 0.3) is 0 Å². The number of phenolic OH excluding ortho intramolecular Hbond substituents is 1. The highest BCUT2D eigenvalue weighted by Gasteiger charge is 2.39. The fraction of sp³-hybridized carbons (Fsp3) is 0.500. The van der Waals surface area contributed by atoms with Crippen molar-refractivity contribution in [1.29, 1.82) is 0 Å². The van der Waals surface area contributed by atoms with E-state index in [4.69, 9.17) is 5.11 Å². The third-order valence-electron chi connectivity index (χ3n) is 3.29. The smallest absolute Gasteiger partial charge is 0.506 e. The lowest BCUT2D eigenvalue weighted by molar-refractivity contribution is -0.275. The van der Waals surface area contributed by atoms with E-state index in [2.05, 4.69) is 4.74 Å². The third-order valence-corrected chi connectivity index (χ3v) is 5.23. The molecule has 1 aliphatic rings. The van der Waals surface area contributed by atoms with Crippen molar-refractivity contribution in [1.82, 2.24) is 4.31 Å². The SMILES string of the molecule is O=S(=O)(c1c(O)cccc1OC(F)(F)F)N1CCC(CO)C1. The summed E-state index contributed by atoms with van der Waals surface area (Å²) in [6.07, 6.45) is -4.70. The highest BCUT2D eigenvalue weighted by Crippen LogP contribution is 2.38. The van der Waals surface area contributed by atoms with Gasteiger partial charge in [0.05, 0.1) is 0 Å². The number of benzene rings is 1. The monoisotopic (exact) mass is 341 g/mol. The highest BCUT2D eigenvalue weighted by atomic mass is 32.2. The molecule has 0 saturated carbocycles. The number of aliphatic hydroxyl groups excluding tert-OH is 1. The van der Waals surface area contributed by atoms with Crippen LogP contribution >= 0.6 is 0 Å². The van der Waals surface area contributed by atoms with Crippen LogP contribution in [0.25, 0.3) is 0 Å². The van der Waals surface area contributed by atoms with Crippen molar-refractivity contribution >= 4 is 10.0 Å². The van der Waals surface area contributed by atoms with Gasteiger partial charge in [-0.2, -0.15) is 4.31 Å². The number of sulfonamides is 1. The summed E-state index contributed by atoms with van der Waals surface area (Å²) in [4.78, 5) is -0.925. The Morgan fingerprint density at radius 1 is 1.36 bits per heavy atom. The van der Waals surface area contributed by atoms with Gasteiger partial charge in [0.1, 0.15) is 5.75 Å². The maximum atomic E-state index is 12.5. The quantitative estimate of drug-likeness (QED) is 0.862. The molecule has 2 N–H and O–H groups in total. The molecule has 22 heavy (non-hydrogen) atoms. The van der Waals surface area contributed by atoms with Crippen LogP contribution in [0.3, 0.4) is 0 Å². The van der Waals surface area contributed by atoms with Gasteiger partial charge in [-0.15, -0.1) is 13.2 Å². The van der Waals surface area contributed by atoms with Gasteiger partial charge in [-0.3, -0.25) is 0 Å². The van der Waals surface area contributed by atoms with Crippen LogP contribution in [0.15, 0.2) is 23.1 Å². The molecule has 1 aromatic carbocycles. The summed E-state index contributed by atoms with van der Waals surface area (Å²) in [7, 11) is -4.37. The zero-order chi connectivity index (χ0) is 16.5. The number of ether oxygens (including phenoxy) is 1. The lowest BCUT2D eigenvalue weighted by Crippen LogP contribution is -2.30. The molecule has 1 aliphatic heterocycles. The Hall–Kier alpha value is -1.52. The fourth-order valence-corrected chi connectivity index (χ4v) is 3.97. The minimum Gasteiger partial charge on any atom is -0.506 e. The minimum absolute atomic E-state index is 0.0291. The standard InChI is InChI=1S/C12H14F3NO5S/c13-12(14,15)21-10-3-1-2-9(18)11(10)22(19,20)16-5-4-8(6-16)7-17/h1-3,8,17-18H,4-7H2. The van der Waals surface area contributed by atoms with E-state index in [1.165, 1.54) is 0 Å². The van der Waals surface area contributed by atoms with E-state index in [9.17, 15) is 26.7 Å². The van der Waals surface area contributed by atoms with E-state index in [-0.39, 0.29) is 25.6 Å². The number of halogens is 3. The summed E-state index contributed by atoms with van der Waals surface area (Å²) >= 11 is 0. The maximum absolute atomic E-state index is 12.5. The molecule has 1 unspecified atom stereocenters. The van der Waals surface area contributed by atoms with Crippen LogP contribution in [0.5, 0.6) is 11.5 Å². The van der Waals surface area contributed by atoms with Crippen molar-refractivity contribution in [2.75, 3.05) is 19.7 Å². The molecule has 0 amide bonds. The first-order chi connectivity index (χ1) is 10.1. The van der Waals surface area contributed by atoms with Gasteiger partial charge in [-0.1, -0.05) is 6.07 Å². The predicted molar refractivity (Wildman–Crippen MR) is 68.7 cm³/mol. The first-order valence-electron chi connectivity index (χ1n) is 6.34. The first-order valence-corrected chi connectivity index (χ1v) is 7.78. The fourth-order valence-electron chi connectivity index (χ4n) is 2.26. The molecule has 6 nitrogen and oxygen atoms in total. The number of phenols is 1. The van der Waals surface area contributed by atoms with Gasteiger partial charge < -0.3 is 14.9 Å². The van der Waals surface area contributed by atoms with E-state index < -0.39 is 32.8 Å². The molecule has 124 valence electrons. The molecule has 1 fully saturated rings. The zero-order valence-corrected chi connectivity index (χ0v) is 12.1. The Bertz CT molecular complexity index is 647. The highest BCUT2D eigenvalue weighted by molar-refractivity contribution is 7.89. The van der Waals surface area contributed by atoms with Crippen LogP contribution in [0.1, 0.15) is 6.42 Å². The molecule has 2 rings (SSSR count). The molecule has 0 radical (unpaired) electrons. The average molecular weight is 341 g/mol. The zero-order valence-electron chi connectivity index (χ0n) is 11.2. The van der Waals surface area contributed by atoms with Gasteiger partial charge in [-0.05, 0) is 24.5 Å². The molecule has 1 atom stereocenters. The Morgan fingerprint density at radius 2 is 2.05 bits per heavy atom. The van der Waals surface area contributed by atoms with Gasteiger partial charge in [0, 0.05) is 19.7 Å². The Labute approximate surface area is 124 Å². The second kappa shape index (κ2) is 5.94. The van der Waals surface area contributed by atoms with Crippen LogP contribution in [0.2, 0.25) is 0 Å². The lowest BCUT2D eigenvalue weighted by atomic mass is 10.1. The normalized spacial score (nSPS) is 20.3. The maximum Gasteiger partial charge on any atom is 0.573 e. The van der Waals surface area contributed by atoms with E-state index in [1.807, 2.05) is 0 Å². The molecule has 0 bridgehead atoms. The molecule has 0 aliphatic carbocycles. The van der Waals surface area contributed by atoms with Crippen molar-refractivity contribution in [2.24, 2.45) is 5.92 Å². The minimum atomic E-state index is -5.09. The third kappa shape index (κ3) is 3.45. The number of nitrogens with zero attached hydrogens (tertiary/aromatic N) is 1.